The molecule has 1 amide bonds. The number of rotatable bonds is 1. The summed E-state index contributed by atoms with van der Waals surface area (Å²) in [6, 6.07) is 3.80. The van der Waals surface area contributed by atoms with Crippen LogP contribution < -0.4 is 0 Å². The normalized spacial score (nSPS) is 27.2. The van der Waals surface area contributed by atoms with Crippen LogP contribution >= 0.6 is 15.9 Å². The third-order valence-corrected chi connectivity index (χ3v) is 4.65. The third-order valence-electron chi connectivity index (χ3n) is 4.01. The Balaban J connectivity index is 1.84. The first-order chi connectivity index (χ1) is 9.66. The Kier molecular flexibility index (Phi) is 4.05. The molecular formula is C14H18BrN3O2. The maximum Gasteiger partial charge on any atom is 0.274 e. The topological polar surface area (TPSA) is 45.7 Å². The Labute approximate surface area is 127 Å². The van der Waals surface area contributed by atoms with Gasteiger partial charge in [0.05, 0.1) is 18.8 Å². The molecule has 2 aliphatic heterocycles. The Morgan fingerprint density at radius 1 is 1.50 bits per heavy atom. The van der Waals surface area contributed by atoms with Gasteiger partial charge in [0.15, 0.2) is 0 Å². The molecule has 3 rings (SSSR count). The molecule has 2 fully saturated rings. The second kappa shape index (κ2) is 5.79. The minimum Gasteiger partial charge on any atom is -0.374 e. The molecule has 20 heavy (non-hydrogen) atoms. The second-order valence-electron chi connectivity index (χ2n) is 5.36. The second-order valence-corrected chi connectivity index (χ2v) is 6.21. The molecule has 108 valence electrons. The summed E-state index contributed by atoms with van der Waals surface area (Å²) in [4.78, 5) is 21.1. The van der Waals surface area contributed by atoms with Crippen molar-refractivity contribution in [1.82, 2.24) is 14.8 Å². The van der Waals surface area contributed by atoms with Gasteiger partial charge in [-0.05, 0) is 41.5 Å². The first-order valence-electron chi connectivity index (χ1n) is 6.88. The average molecular weight is 340 g/mol. The lowest BCUT2D eigenvalue weighted by atomic mass is 9.98. The number of fused-ring (bicyclic) bond motifs is 1. The van der Waals surface area contributed by atoms with Gasteiger partial charge in [-0.1, -0.05) is 0 Å². The van der Waals surface area contributed by atoms with Crippen LogP contribution in [-0.2, 0) is 4.74 Å². The van der Waals surface area contributed by atoms with Crippen LogP contribution in [0.15, 0.2) is 22.8 Å². The molecule has 5 nitrogen and oxygen atoms in total. The van der Waals surface area contributed by atoms with Crippen LogP contribution in [0.4, 0.5) is 0 Å². The molecule has 0 aromatic carbocycles. The molecule has 2 atom stereocenters. The van der Waals surface area contributed by atoms with Crippen LogP contribution in [-0.4, -0.2) is 66.1 Å². The summed E-state index contributed by atoms with van der Waals surface area (Å²) in [6.45, 7) is 3.13. The van der Waals surface area contributed by atoms with E-state index in [1.807, 2.05) is 17.0 Å². The van der Waals surface area contributed by atoms with E-state index in [1.165, 1.54) is 0 Å². The number of pyridine rings is 1. The maximum atomic E-state index is 12.7. The fraction of sp³-hybridized carbons (Fsp3) is 0.571. The predicted molar refractivity (Wildman–Crippen MR) is 78.6 cm³/mol. The van der Waals surface area contributed by atoms with Gasteiger partial charge < -0.3 is 14.5 Å². The number of piperidine rings is 1. The highest BCUT2D eigenvalue weighted by atomic mass is 79.9. The standard InChI is InChI=1S/C14H18BrN3O2/c1-17-6-4-12-11(9-17)18(7-8-20-12)14(19)13-10(15)3-2-5-16-13/h2-3,5,11-12H,4,6-9H2,1H3. The number of likely N-dealkylation sites (N-methyl/N-ethyl adjacent to an activating group) is 1. The Hall–Kier alpha value is -0.980. The molecule has 1 aromatic heterocycles. The molecule has 0 spiro atoms. The molecule has 6 heteroatoms. The molecule has 0 N–H and O–H groups in total. The minimum atomic E-state index is -0.00826. The van der Waals surface area contributed by atoms with E-state index in [1.54, 1.807) is 6.20 Å². The van der Waals surface area contributed by atoms with Gasteiger partial charge in [-0.25, -0.2) is 4.98 Å². The molecule has 2 unspecified atom stereocenters. The number of nitrogens with zero attached hydrogens (tertiary/aromatic N) is 3. The summed E-state index contributed by atoms with van der Waals surface area (Å²) >= 11 is 3.41. The van der Waals surface area contributed by atoms with Crippen LogP contribution in [0.25, 0.3) is 0 Å². The molecule has 0 saturated carbocycles. The van der Waals surface area contributed by atoms with E-state index < -0.39 is 0 Å². The number of hydrogen-bond donors (Lipinski definition) is 0. The molecule has 3 heterocycles. The number of ether oxygens (including phenoxy) is 1. The van der Waals surface area contributed by atoms with Crippen molar-refractivity contribution in [2.45, 2.75) is 18.6 Å². The van der Waals surface area contributed by atoms with Gasteiger partial charge in [0.25, 0.3) is 5.91 Å². The van der Waals surface area contributed by atoms with E-state index in [0.29, 0.717) is 18.8 Å². The summed E-state index contributed by atoms with van der Waals surface area (Å²) in [7, 11) is 2.09. The largest absolute Gasteiger partial charge is 0.374 e. The lowest BCUT2D eigenvalue weighted by Gasteiger charge is -2.46. The first kappa shape index (κ1) is 14.0. The smallest absolute Gasteiger partial charge is 0.274 e. The fourth-order valence-electron chi connectivity index (χ4n) is 2.96. The predicted octanol–water partition coefficient (Wildman–Crippen LogP) is 1.39. The monoisotopic (exact) mass is 339 g/mol. The van der Waals surface area contributed by atoms with E-state index in [4.69, 9.17) is 4.74 Å². The summed E-state index contributed by atoms with van der Waals surface area (Å²) in [5.41, 5.74) is 0.487. The molecule has 0 bridgehead atoms. The van der Waals surface area contributed by atoms with Gasteiger partial charge in [-0.3, -0.25) is 4.79 Å². The Bertz CT molecular complexity index is 511. The van der Waals surface area contributed by atoms with Gasteiger partial charge in [0, 0.05) is 30.3 Å². The Morgan fingerprint density at radius 2 is 2.35 bits per heavy atom. The van der Waals surface area contributed by atoms with Crippen molar-refractivity contribution in [3.63, 3.8) is 0 Å². The van der Waals surface area contributed by atoms with Crippen LogP contribution in [0, 0.1) is 0 Å². The van der Waals surface area contributed by atoms with Crippen molar-refractivity contribution in [3.8, 4) is 0 Å². The van der Waals surface area contributed by atoms with Crippen molar-refractivity contribution in [2.75, 3.05) is 33.3 Å². The molecular weight excluding hydrogens is 322 g/mol. The average Bonchev–Trinajstić information content (AvgIpc) is 2.46. The number of hydrogen-bond acceptors (Lipinski definition) is 4. The lowest BCUT2D eigenvalue weighted by Crippen LogP contribution is -2.60. The van der Waals surface area contributed by atoms with Gasteiger partial charge in [0.2, 0.25) is 0 Å². The zero-order valence-electron chi connectivity index (χ0n) is 11.5. The first-order valence-corrected chi connectivity index (χ1v) is 7.68. The number of morpholine rings is 1. The van der Waals surface area contributed by atoms with Crippen molar-refractivity contribution in [2.24, 2.45) is 0 Å². The van der Waals surface area contributed by atoms with E-state index in [2.05, 4.69) is 32.9 Å². The summed E-state index contributed by atoms with van der Waals surface area (Å²) < 4.78 is 6.57. The van der Waals surface area contributed by atoms with E-state index in [9.17, 15) is 4.79 Å². The van der Waals surface area contributed by atoms with Gasteiger partial charge in [0.1, 0.15) is 5.69 Å². The highest BCUT2D eigenvalue weighted by Gasteiger charge is 2.39. The molecule has 0 aliphatic carbocycles. The number of aromatic nitrogens is 1. The van der Waals surface area contributed by atoms with Gasteiger partial charge in [-0.15, -0.1) is 0 Å². The van der Waals surface area contributed by atoms with Crippen molar-refractivity contribution >= 4 is 21.8 Å². The fourth-order valence-corrected chi connectivity index (χ4v) is 3.39. The third kappa shape index (κ3) is 2.60. The molecule has 2 saturated heterocycles. The van der Waals surface area contributed by atoms with Crippen LogP contribution in [0.1, 0.15) is 16.9 Å². The number of amides is 1. The SMILES string of the molecule is CN1CCC2OCCN(C(=O)c3ncccc3Br)C2C1. The number of carbonyl (C=O) groups excluding carboxylic acids is 1. The number of likely N-dealkylation sites (tertiary alicyclic amines) is 1. The minimum absolute atomic E-state index is 0.00826. The quantitative estimate of drug-likeness (QED) is 0.775. The van der Waals surface area contributed by atoms with E-state index >= 15 is 0 Å². The Morgan fingerprint density at radius 3 is 3.15 bits per heavy atom. The van der Waals surface area contributed by atoms with Crippen LogP contribution in [0.2, 0.25) is 0 Å². The van der Waals surface area contributed by atoms with E-state index in [0.717, 1.165) is 24.0 Å². The number of halogens is 1. The highest BCUT2D eigenvalue weighted by Crippen LogP contribution is 2.25. The van der Waals surface area contributed by atoms with Gasteiger partial charge >= 0.3 is 0 Å². The van der Waals surface area contributed by atoms with Gasteiger partial charge in [-0.2, -0.15) is 0 Å². The lowest BCUT2D eigenvalue weighted by molar-refractivity contribution is -0.0871. The summed E-state index contributed by atoms with van der Waals surface area (Å²) in [5.74, 6) is -0.00826. The highest BCUT2D eigenvalue weighted by molar-refractivity contribution is 9.10. The van der Waals surface area contributed by atoms with E-state index in [-0.39, 0.29) is 18.1 Å². The molecule has 0 radical (unpaired) electrons. The zero-order valence-corrected chi connectivity index (χ0v) is 13.0. The van der Waals surface area contributed by atoms with Crippen molar-refractivity contribution in [1.29, 1.82) is 0 Å². The summed E-state index contributed by atoms with van der Waals surface area (Å²) in [6.07, 6.45) is 2.79. The maximum absolute atomic E-state index is 12.7. The molecule has 2 aliphatic rings. The van der Waals surface area contributed by atoms with Crippen LogP contribution in [0.5, 0.6) is 0 Å². The van der Waals surface area contributed by atoms with Crippen molar-refractivity contribution < 1.29 is 9.53 Å². The molecule has 1 aromatic rings. The van der Waals surface area contributed by atoms with Crippen LogP contribution in [0.3, 0.4) is 0 Å². The number of carbonyl (C=O) groups is 1. The summed E-state index contributed by atoms with van der Waals surface area (Å²) in [5, 5.41) is 0. The van der Waals surface area contributed by atoms with Crippen molar-refractivity contribution in [3.05, 3.63) is 28.5 Å². The zero-order chi connectivity index (χ0) is 14.1.